The average molecular weight is 437 g/mol. The standard InChI is InChI=1S/C21H28N2O6S/c1-5-22-17-11-9-15(21(24)29-8-4)13-18(17)23-30(25,26)16-10-12-19(27-6-2)20(14-16)28-7-3/h9-14,22-23H,5-8H2,1-4H3. The summed E-state index contributed by atoms with van der Waals surface area (Å²) >= 11 is 0. The fraction of sp³-hybridized carbons (Fsp3) is 0.381. The number of carbonyl (C=O) groups excluding carboxylic acids is 1. The number of benzene rings is 2. The highest BCUT2D eigenvalue weighted by atomic mass is 32.2. The van der Waals surface area contributed by atoms with E-state index in [9.17, 15) is 13.2 Å². The summed E-state index contributed by atoms with van der Waals surface area (Å²) in [4.78, 5) is 12.1. The third kappa shape index (κ3) is 5.79. The Bertz CT molecular complexity index is 975. The van der Waals surface area contributed by atoms with Gasteiger partial charge in [0.05, 0.1) is 41.7 Å². The van der Waals surface area contributed by atoms with Crippen LogP contribution in [0.15, 0.2) is 41.3 Å². The molecule has 2 aromatic carbocycles. The van der Waals surface area contributed by atoms with Gasteiger partial charge in [-0.2, -0.15) is 0 Å². The molecule has 0 radical (unpaired) electrons. The van der Waals surface area contributed by atoms with E-state index in [1.54, 1.807) is 32.0 Å². The summed E-state index contributed by atoms with van der Waals surface area (Å²) in [6.07, 6.45) is 0. The zero-order valence-electron chi connectivity index (χ0n) is 17.7. The summed E-state index contributed by atoms with van der Waals surface area (Å²) < 4.78 is 44.7. The Labute approximate surface area is 177 Å². The molecule has 9 heteroatoms. The molecule has 0 aromatic heterocycles. The molecule has 0 bridgehead atoms. The SMILES string of the molecule is CCNc1ccc(C(=O)OCC)cc1NS(=O)(=O)c1ccc(OCC)c(OCC)c1. The fourth-order valence-corrected chi connectivity index (χ4v) is 3.80. The summed E-state index contributed by atoms with van der Waals surface area (Å²) in [5, 5.41) is 3.08. The molecule has 2 rings (SSSR count). The zero-order chi connectivity index (χ0) is 22.1. The number of anilines is 2. The molecule has 0 atom stereocenters. The van der Waals surface area contributed by atoms with E-state index in [1.165, 1.54) is 18.2 Å². The Hall–Kier alpha value is -2.94. The van der Waals surface area contributed by atoms with Crippen LogP contribution in [0.2, 0.25) is 0 Å². The molecule has 0 saturated carbocycles. The van der Waals surface area contributed by atoms with Crippen molar-refractivity contribution < 1.29 is 27.4 Å². The first-order valence-corrected chi connectivity index (χ1v) is 11.3. The Kier molecular flexibility index (Phi) is 8.35. The molecule has 0 aliphatic rings. The van der Waals surface area contributed by atoms with E-state index in [1.807, 2.05) is 13.8 Å². The second-order valence-corrected chi connectivity index (χ2v) is 7.77. The highest BCUT2D eigenvalue weighted by Crippen LogP contribution is 2.32. The lowest BCUT2D eigenvalue weighted by Crippen LogP contribution is -2.16. The molecule has 164 valence electrons. The van der Waals surface area contributed by atoms with Gasteiger partial charge in [-0.25, -0.2) is 13.2 Å². The Morgan fingerprint density at radius 1 is 0.867 bits per heavy atom. The number of hydrogen-bond donors (Lipinski definition) is 2. The molecule has 0 unspecified atom stereocenters. The van der Waals surface area contributed by atoms with Gasteiger partial charge >= 0.3 is 5.97 Å². The molecule has 0 amide bonds. The molecular weight excluding hydrogens is 408 g/mol. The average Bonchev–Trinajstić information content (AvgIpc) is 2.71. The van der Waals surface area contributed by atoms with E-state index < -0.39 is 16.0 Å². The summed E-state index contributed by atoms with van der Waals surface area (Å²) in [6.45, 7) is 8.82. The number of sulfonamides is 1. The molecular formula is C21H28N2O6S. The molecule has 0 saturated heterocycles. The lowest BCUT2D eigenvalue weighted by atomic mass is 10.1. The van der Waals surface area contributed by atoms with Crippen molar-refractivity contribution in [1.29, 1.82) is 0 Å². The van der Waals surface area contributed by atoms with Gasteiger partial charge in [-0.05, 0) is 58.0 Å². The maximum atomic E-state index is 13.0. The number of rotatable bonds is 11. The molecule has 8 nitrogen and oxygen atoms in total. The number of carbonyl (C=O) groups is 1. The van der Waals surface area contributed by atoms with Crippen LogP contribution in [-0.4, -0.2) is 40.8 Å². The topological polar surface area (TPSA) is 103 Å². The van der Waals surface area contributed by atoms with Crippen LogP contribution in [0, 0.1) is 0 Å². The van der Waals surface area contributed by atoms with E-state index in [0.29, 0.717) is 36.9 Å². The van der Waals surface area contributed by atoms with E-state index in [2.05, 4.69) is 10.0 Å². The van der Waals surface area contributed by atoms with Crippen LogP contribution in [-0.2, 0) is 14.8 Å². The van der Waals surface area contributed by atoms with Gasteiger partial charge < -0.3 is 19.5 Å². The van der Waals surface area contributed by atoms with Crippen LogP contribution in [0.3, 0.4) is 0 Å². The van der Waals surface area contributed by atoms with Crippen LogP contribution in [0.25, 0.3) is 0 Å². The largest absolute Gasteiger partial charge is 0.490 e. The Morgan fingerprint density at radius 2 is 1.57 bits per heavy atom. The first kappa shape index (κ1) is 23.3. The van der Waals surface area contributed by atoms with E-state index >= 15 is 0 Å². The number of nitrogens with one attached hydrogen (secondary N) is 2. The predicted octanol–water partition coefficient (Wildman–Crippen LogP) is 3.89. The summed E-state index contributed by atoms with van der Waals surface area (Å²) in [7, 11) is -3.96. The smallest absolute Gasteiger partial charge is 0.338 e. The highest BCUT2D eigenvalue weighted by Gasteiger charge is 2.20. The Morgan fingerprint density at radius 3 is 2.20 bits per heavy atom. The van der Waals surface area contributed by atoms with Gasteiger partial charge in [-0.15, -0.1) is 0 Å². The quantitative estimate of drug-likeness (QED) is 0.515. The van der Waals surface area contributed by atoms with Crippen molar-refractivity contribution in [1.82, 2.24) is 0 Å². The third-order valence-electron chi connectivity index (χ3n) is 3.97. The lowest BCUT2D eigenvalue weighted by molar-refractivity contribution is 0.0526. The second kappa shape index (κ2) is 10.7. The van der Waals surface area contributed by atoms with E-state index in [-0.39, 0.29) is 22.8 Å². The highest BCUT2D eigenvalue weighted by molar-refractivity contribution is 7.92. The van der Waals surface area contributed by atoms with E-state index in [4.69, 9.17) is 14.2 Å². The van der Waals surface area contributed by atoms with Crippen molar-refractivity contribution in [3.63, 3.8) is 0 Å². The lowest BCUT2D eigenvalue weighted by Gasteiger charge is -2.16. The van der Waals surface area contributed by atoms with Crippen molar-refractivity contribution in [2.24, 2.45) is 0 Å². The maximum absolute atomic E-state index is 13.0. The van der Waals surface area contributed by atoms with Gasteiger partial charge in [0.25, 0.3) is 10.0 Å². The van der Waals surface area contributed by atoms with Gasteiger partial charge in [-0.1, -0.05) is 0 Å². The van der Waals surface area contributed by atoms with Crippen LogP contribution in [0.1, 0.15) is 38.1 Å². The van der Waals surface area contributed by atoms with Crippen molar-refractivity contribution in [3.05, 3.63) is 42.0 Å². The van der Waals surface area contributed by atoms with Gasteiger partial charge in [0.2, 0.25) is 0 Å². The number of esters is 1. The number of hydrogen-bond acceptors (Lipinski definition) is 7. The Balaban J connectivity index is 2.43. The van der Waals surface area contributed by atoms with Crippen molar-refractivity contribution >= 4 is 27.4 Å². The van der Waals surface area contributed by atoms with Crippen molar-refractivity contribution in [2.75, 3.05) is 36.4 Å². The summed E-state index contributed by atoms with van der Waals surface area (Å²) in [5.74, 6) is 0.283. The monoisotopic (exact) mass is 436 g/mol. The molecule has 0 aliphatic carbocycles. The van der Waals surface area contributed by atoms with E-state index in [0.717, 1.165) is 0 Å². The van der Waals surface area contributed by atoms with Crippen molar-refractivity contribution in [3.8, 4) is 11.5 Å². The van der Waals surface area contributed by atoms with Crippen LogP contribution in [0.5, 0.6) is 11.5 Å². The fourth-order valence-electron chi connectivity index (χ4n) is 2.72. The normalized spacial score (nSPS) is 10.9. The number of ether oxygens (including phenoxy) is 3. The first-order chi connectivity index (χ1) is 14.4. The predicted molar refractivity (Wildman–Crippen MR) is 116 cm³/mol. The molecule has 0 fully saturated rings. The summed E-state index contributed by atoms with van der Waals surface area (Å²) in [5.41, 5.74) is 1.04. The molecule has 30 heavy (non-hydrogen) atoms. The van der Waals surface area contributed by atoms with Crippen molar-refractivity contribution in [2.45, 2.75) is 32.6 Å². The van der Waals surface area contributed by atoms with Crippen LogP contribution < -0.4 is 19.5 Å². The minimum Gasteiger partial charge on any atom is -0.490 e. The minimum absolute atomic E-state index is 0.0124. The van der Waals surface area contributed by atoms with Gasteiger partial charge in [0.15, 0.2) is 11.5 Å². The molecule has 0 heterocycles. The third-order valence-corrected chi connectivity index (χ3v) is 5.33. The summed E-state index contributed by atoms with van der Waals surface area (Å²) in [6, 6.07) is 9.08. The molecule has 0 spiro atoms. The second-order valence-electron chi connectivity index (χ2n) is 6.09. The molecule has 2 aromatic rings. The maximum Gasteiger partial charge on any atom is 0.338 e. The van der Waals surface area contributed by atoms with Crippen LogP contribution >= 0.6 is 0 Å². The van der Waals surface area contributed by atoms with Gasteiger partial charge in [0.1, 0.15) is 0 Å². The zero-order valence-corrected chi connectivity index (χ0v) is 18.5. The molecule has 0 aliphatic heterocycles. The first-order valence-electron chi connectivity index (χ1n) is 9.83. The van der Waals surface area contributed by atoms with Crippen LogP contribution in [0.4, 0.5) is 11.4 Å². The minimum atomic E-state index is -3.96. The van der Waals surface area contributed by atoms with Gasteiger partial charge in [0, 0.05) is 12.6 Å². The molecule has 2 N–H and O–H groups in total. The van der Waals surface area contributed by atoms with Gasteiger partial charge in [-0.3, -0.25) is 4.72 Å².